The molecule has 0 bridgehead atoms. The molecule has 2 saturated heterocycles. The summed E-state index contributed by atoms with van der Waals surface area (Å²) >= 11 is 0. The number of anilines is 2. The molecule has 184 valence electrons. The molecule has 2 aromatic rings. The van der Waals surface area contributed by atoms with Gasteiger partial charge < -0.3 is 19.4 Å². The molecule has 5 rings (SSSR count). The molecule has 1 amide bonds. The van der Waals surface area contributed by atoms with Gasteiger partial charge >= 0.3 is 0 Å². The van der Waals surface area contributed by atoms with Gasteiger partial charge in [-0.1, -0.05) is 0 Å². The maximum atomic E-state index is 12.9. The standard InChI is InChI=1S/C25H31N7O3/c1-17-22(14-28-29-24(17)33)32-5-4-19(15-32)16-35-21-10-20(11-21)25(34)31-8-6-30(7-9-31)23-3-2-18(12-26)13-27-23/h2-3,13-14,19-21H,4-11,15-16H2,1H3,(H,29,33). The summed E-state index contributed by atoms with van der Waals surface area (Å²) in [6.45, 7) is 7.15. The third kappa shape index (κ3) is 5.00. The van der Waals surface area contributed by atoms with Crippen molar-refractivity contribution >= 4 is 17.4 Å². The van der Waals surface area contributed by atoms with Crippen LogP contribution in [0.1, 0.15) is 30.4 Å². The lowest BCUT2D eigenvalue weighted by Crippen LogP contribution is -2.53. The van der Waals surface area contributed by atoms with E-state index in [0.29, 0.717) is 36.7 Å². The molecular formula is C25H31N7O3. The largest absolute Gasteiger partial charge is 0.378 e. The highest BCUT2D eigenvalue weighted by Crippen LogP contribution is 2.33. The van der Waals surface area contributed by atoms with E-state index in [1.165, 1.54) is 0 Å². The summed E-state index contributed by atoms with van der Waals surface area (Å²) < 4.78 is 6.14. The highest BCUT2D eigenvalue weighted by molar-refractivity contribution is 5.80. The number of carbonyl (C=O) groups is 1. The number of ether oxygens (including phenoxy) is 1. The molecule has 1 saturated carbocycles. The van der Waals surface area contributed by atoms with E-state index < -0.39 is 0 Å². The Labute approximate surface area is 204 Å². The van der Waals surface area contributed by atoms with Crippen molar-refractivity contribution < 1.29 is 9.53 Å². The number of nitrogens with zero attached hydrogens (tertiary/aromatic N) is 6. The number of aromatic amines is 1. The van der Waals surface area contributed by atoms with Gasteiger partial charge in [0.1, 0.15) is 11.9 Å². The monoisotopic (exact) mass is 477 g/mol. The third-order valence-electron chi connectivity index (χ3n) is 7.51. The molecule has 2 aromatic heterocycles. The molecule has 10 nitrogen and oxygen atoms in total. The Kier molecular flexibility index (Phi) is 6.68. The van der Waals surface area contributed by atoms with Crippen molar-refractivity contribution in [1.82, 2.24) is 20.1 Å². The average Bonchev–Trinajstić information content (AvgIpc) is 3.33. The third-order valence-corrected chi connectivity index (χ3v) is 7.51. The second-order valence-electron chi connectivity index (χ2n) is 9.76. The Morgan fingerprint density at radius 1 is 1.17 bits per heavy atom. The van der Waals surface area contributed by atoms with E-state index in [1.807, 2.05) is 17.9 Å². The molecule has 1 N–H and O–H groups in total. The lowest BCUT2D eigenvalue weighted by Gasteiger charge is -2.41. The fourth-order valence-electron chi connectivity index (χ4n) is 5.18. The second kappa shape index (κ2) is 10.0. The summed E-state index contributed by atoms with van der Waals surface area (Å²) in [7, 11) is 0. The smallest absolute Gasteiger partial charge is 0.269 e. The van der Waals surface area contributed by atoms with Gasteiger partial charge in [0.2, 0.25) is 5.91 Å². The maximum absolute atomic E-state index is 12.9. The Hall–Kier alpha value is -3.45. The number of nitrogens with one attached hydrogen (secondary N) is 1. The zero-order valence-corrected chi connectivity index (χ0v) is 20.0. The molecule has 1 aliphatic carbocycles. The normalized spacial score (nSPS) is 24.2. The van der Waals surface area contributed by atoms with Crippen LogP contribution in [0.4, 0.5) is 11.5 Å². The quantitative estimate of drug-likeness (QED) is 0.662. The van der Waals surface area contributed by atoms with E-state index in [9.17, 15) is 9.59 Å². The number of H-pyrrole nitrogens is 1. The first-order valence-corrected chi connectivity index (χ1v) is 12.3. The van der Waals surface area contributed by atoms with Crippen LogP contribution < -0.4 is 15.4 Å². The van der Waals surface area contributed by atoms with Crippen LogP contribution in [0.2, 0.25) is 0 Å². The summed E-state index contributed by atoms with van der Waals surface area (Å²) in [6.07, 6.45) is 6.09. The van der Waals surface area contributed by atoms with Crippen LogP contribution in [0, 0.1) is 30.1 Å². The van der Waals surface area contributed by atoms with E-state index in [4.69, 9.17) is 10.00 Å². The Morgan fingerprint density at radius 3 is 2.69 bits per heavy atom. The number of aromatic nitrogens is 3. The Balaban J connectivity index is 1.02. The molecule has 3 fully saturated rings. The van der Waals surface area contributed by atoms with Crippen molar-refractivity contribution in [2.75, 3.05) is 55.7 Å². The van der Waals surface area contributed by atoms with Crippen molar-refractivity contribution in [3.8, 4) is 6.07 Å². The van der Waals surface area contributed by atoms with E-state index in [1.54, 1.807) is 18.5 Å². The van der Waals surface area contributed by atoms with Crippen LogP contribution in [-0.2, 0) is 9.53 Å². The number of amides is 1. The molecule has 1 atom stereocenters. The fraction of sp³-hybridized carbons (Fsp3) is 0.560. The molecule has 3 aliphatic rings. The van der Waals surface area contributed by atoms with Gasteiger partial charge in [-0.15, -0.1) is 0 Å². The van der Waals surface area contributed by atoms with Gasteiger partial charge in [0.15, 0.2) is 0 Å². The van der Waals surface area contributed by atoms with Crippen molar-refractivity contribution in [2.45, 2.75) is 32.3 Å². The first-order chi connectivity index (χ1) is 17.0. The van der Waals surface area contributed by atoms with Crippen molar-refractivity contribution in [2.24, 2.45) is 11.8 Å². The first kappa shape index (κ1) is 23.3. The van der Waals surface area contributed by atoms with Crippen LogP contribution in [0.25, 0.3) is 0 Å². The van der Waals surface area contributed by atoms with Crippen LogP contribution in [-0.4, -0.2) is 78.0 Å². The predicted molar refractivity (Wildman–Crippen MR) is 130 cm³/mol. The summed E-state index contributed by atoms with van der Waals surface area (Å²) in [5.41, 5.74) is 2.02. The van der Waals surface area contributed by atoms with Crippen molar-refractivity contribution in [3.05, 3.63) is 46.0 Å². The van der Waals surface area contributed by atoms with Gasteiger partial charge in [0.05, 0.1) is 30.2 Å². The van der Waals surface area contributed by atoms with E-state index in [0.717, 1.165) is 56.9 Å². The first-order valence-electron chi connectivity index (χ1n) is 12.3. The molecule has 1 unspecified atom stereocenters. The minimum absolute atomic E-state index is 0.0597. The second-order valence-corrected chi connectivity index (χ2v) is 9.76. The lowest BCUT2D eigenvalue weighted by atomic mass is 9.81. The number of pyridine rings is 1. The van der Waals surface area contributed by atoms with Gasteiger partial charge in [-0.25, -0.2) is 10.1 Å². The Bertz CT molecular complexity index is 1140. The zero-order valence-electron chi connectivity index (χ0n) is 20.0. The highest BCUT2D eigenvalue weighted by atomic mass is 16.5. The SMILES string of the molecule is Cc1c(N2CCC(COC3CC(C(=O)N4CCN(c5ccc(C#N)cn5)CC4)C3)C2)cn[nH]c1=O. The minimum Gasteiger partial charge on any atom is -0.378 e. The minimum atomic E-state index is -0.139. The summed E-state index contributed by atoms with van der Waals surface area (Å²) in [5, 5.41) is 15.3. The van der Waals surface area contributed by atoms with Gasteiger partial charge in [0.25, 0.3) is 5.56 Å². The fourth-order valence-corrected chi connectivity index (χ4v) is 5.18. The molecule has 10 heteroatoms. The highest BCUT2D eigenvalue weighted by Gasteiger charge is 2.39. The van der Waals surface area contributed by atoms with Crippen molar-refractivity contribution in [3.63, 3.8) is 0 Å². The summed E-state index contributed by atoms with van der Waals surface area (Å²) in [4.78, 5) is 35.5. The lowest BCUT2D eigenvalue weighted by molar-refractivity contribution is -0.145. The van der Waals surface area contributed by atoms with Gasteiger partial charge in [-0.2, -0.15) is 10.4 Å². The zero-order chi connectivity index (χ0) is 24.4. The number of piperazine rings is 1. The van der Waals surface area contributed by atoms with Crippen LogP contribution >= 0.6 is 0 Å². The molecule has 4 heterocycles. The number of hydrogen-bond donors (Lipinski definition) is 1. The van der Waals surface area contributed by atoms with Gasteiger partial charge in [-0.3, -0.25) is 9.59 Å². The Morgan fingerprint density at radius 2 is 1.97 bits per heavy atom. The van der Waals surface area contributed by atoms with Gasteiger partial charge in [-0.05, 0) is 38.3 Å². The molecule has 0 aromatic carbocycles. The number of nitriles is 1. The van der Waals surface area contributed by atoms with Gasteiger partial charge in [0, 0.05) is 62.9 Å². The number of rotatable bonds is 6. The van der Waals surface area contributed by atoms with E-state index in [2.05, 4.69) is 31.1 Å². The number of carbonyl (C=O) groups excluding carboxylic acids is 1. The number of hydrogen-bond acceptors (Lipinski definition) is 8. The van der Waals surface area contributed by atoms with E-state index >= 15 is 0 Å². The van der Waals surface area contributed by atoms with Crippen LogP contribution in [0.3, 0.4) is 0 Å². The van der Waals surface area contributed by atoms with Crippen molar-refractivity contribution in [1.29, 1.82) is 5.26 Å². The molecule has 0 spiro atoms. The molecule has 2 aliphatic heterocycles. The van der Waals surface area contributed by atoms with E-state index in [-0.39, 0.29) is 23.5 Å². The van der Waals surface area contributed by atoms with Crippen LogP contribution in [0.5, 0.6) is 0 Å². The predicted octanol–water partition coefficient (Wildman–Crippen LogP) is 1.32. The molecule has 35 heavy (non-hydrogen) atoms. The topological polar surface area (TPSA) is 118 Å². The summed E-state index contributed by atoms with van der Waals surface area (Å²) in [6, 6.07) is 5.73. The molecular weight excluding hydrogens is 446 g/mol. The van der Waals surface area contributed by atoms with Crippen LogP contribution in [0.15, 0.2) is 29.3 Å². The molecule has 0 radical (unpaired) electrons. The summed E-state index contributed by atoms with van der Waals surface area (Å²) in [5.74, 6) is 1.57. The maximum Gasteiger partial charge on any atom is 0.269 e. The average molecular weight is 478 g/mol.